The normalized spacial score (nSPS) is 30.1. The van der Waals surface area contributed by atoms with Gasteiger partial charge in [0, 0.05) is 0 Å². The molecule has 0 spiro atoms. The van der Waals surface area contributed by atoms with Gasteiger partial charge in [0.05, 0.1) is 6.10 Å². The molecule has 0 radical (unpaired) electrons. The summed E-state index contributed by atoms with van der Waals surface area (Å²) < 4.78 is 0. The van der Waals surface area contributed by atoms with Gasteiger partial charge in [-0.2, -0.15) is 11.3 Å². The Bertz CT molecular complexity index is 260. The first-order chi connectivity index (χ1) is 6.77. The summed E-state index contributed by atoms with van der Waals surface area (Å²) in [5, 5.41) is 14.2. The van der Waals surface area contributed by atoms with E-state index in [4.69, 9.17) is 0 Å². The minimum absolute atomic E-state index is 0.214. The van der Waals surface area contributed by atoms with E-state index in [0.29, 0.717) is 5.92 Å². The summed E-state index contributed by atoms with van der Waals surface area (Å²) in [6.07, 6.45) is 4.74. The first kappa shape index (κ1) is 10.2. The monoisotopic (exact) mass is 210 g/mol. The molecular weight excluding hydrogens is 192 g/mol. The van der Waals surface area contributed by atoms with Crippen LogP contribution in [-0.2, 0) is 0 Å². The van der Waals surface area contributed by atoms with Crippen molar-refractivity contribution in [2.75, 3.05) is 0 Å². The predicted octanol–water partition coefficient (Wildman–Crippen LogP) is 3.61. The van der Waals surface area contributed by atoms with E-state index in [0.717, 1.165) is 11.5 Å². The molecule has 1 nitrogen and oxygen atoms in total. The van der Waals surface area contributed by atoms with Gasteiger partial charge in [-0.1, -0.05) is 19.8 Å². The Morgan fingerprint density at radius 3 is 2.64 bits per heavy atom. The minimum atomic E-state index is -0.214. The number of aliphatic hydroxyl groups is 1. The summed E-state index contributed by atoms with van der Waals surface area (Å²) in [5.74, 6) is 1.36. The summed E-state index contributed by atoms with van der Waals surface area (Å²) in [5.41, 5.74) is 1.12. The van der Waals surface area contributed by atoms with Crippen LogP contribution in [0.4, 0.5) is 0 Å². The van der Waals surface area contributed by atoms with E-state index in [1.807, 2.05) is 11.4 Å². The first-order valence-corrected chi connectivity index (χ1v) is 6.42. The van der Waals surface area contributed by atoms with Crippen molar-refractivity contribution in [2.45, 2.75) is 38.7 Å². The quantitative estimate of drug-likeness (QED) is 0.790. The second-order valence-electron chi connectivity index (χ2n) is 4.52. The van der Waals surface area contributed by atoms with Crippen LogP contribution < -0.4 is 0 Å². The molecular formula is C12H18OS. The highest BCUT2D eigenvalue weighted by atomic mass is 32.1. The molecule has 1 unspecified atom stereocenters. The van der Waals surface area contributed by atoms with Crippen LogP contribution in [0.3, 0.4) is 0 Å². The summed E-state index contributed by atoms with van der Waals surface area (Å²) >= 11 is 1.67. The zero-order valence-corrected chi connectivity index (χ0v) is 9.46. The van der Waals surface area contributed by atoms with Crippen LogP contribution in [-0.4, -0.2) is 5.11 Å². The van der Waals surface area contributed by atoms with Gasteiger partial charge < -0.3 is 5.11 Å². The number of aliphatic hydroxyl groups excluding tert-OH is 1. The number of hydrogen-bond donors (Lipinski definition) is 1. The smallest absolute Gasteiger partial charge is 0.0826 e. The fourth-order valence-electron chi connectivity index (χ4n) is 2.32. The summed E-state index contributed by atoms with van der Waals surface area (Å²) in [6.45, 7) is 2.31. The lowest BCUT2D eigenvalue weighted by atomic mass is 9.79. The molecule has 1 saturated carbocycles. The fraction of sp³-hybridized carbons (Fsp3) is 0.667. The lowest BCUT2D eigenvalue weighted by Gasteiger charge is -2.29. The van der Waals surface area contributed by atoms with Crippen molar-refractivity contribution in [3.8, 4) is 0 Å². The Balaban J connectivity index is 1.95. The lowest BCUT2D eigenvalue weighted by Crippen LogP contribution is -2.18. The van der Waals surface area contributed by atoms with Crippen molar-refractivity contribution in [1.82, 2.24) is 0 Å². The van der Waals surface area contributed by atoms with Crippen LogP contribution in [0.15, 0.2) is 16.8 Å². The molecule has 1 aromatic heterocycles. The van der Waals surface area contributed by atoms with Gasteiger partial charge in [0.1, 0.15) is 0 Å². The standard InChI is InChI=1S/C12H18OS/c1-9-2-4-10(5-3-9)12(13)11-6-7-14-8-11/h6-10,12-13H,2-5H2,1H3. The third-order valence-corrected chi connectivity index (χ3v) is 4.09. The summed E-state index contributed by atoms with van der Waals surface area (Å²) in [6, 6.07) is 2.05. The van der Waals surface area contributed by atoms with E-state index in [1.54, 1.807) is 11.3 Å². The van der Waals surface area contributed by atoms with Gasteiger partial charge in [0.25, 0.3) is 0 Å². The molecule has 14 heavy (non-hydrogen) atoms. The van der Waals surface area contributed by atoms with E-state index < -0.39 is 0 Å². The molecule has 1 atom stereocenters. The molecule has 1 aliphatic carbocycles. The second kappa shape index (κ2) is 4.45. The van der Waals surface area contributed by atoms with Gasteiger partial charge in [-0.25, -0.2) is 0 Å². The highest BCUT2D eigenvalue weighted by Gasteiger charge is 2.25. The van der Waals surface area contributed by atoms with E-state index >= 15 is 0 Å². The molecule has 0 bridgehead atoms. The largest absolute Gasteiger partial charge is 0.388 e. The van der Waals surface area contributed by atoms with Crippen molar-refractivity contribution in [2.24, 2.45) is 11.8 Å². The second-order valence-corrected chi connectivity index (χ2v) is 5.30. The van der Waals surface area contributed by atoms with Crippen molar-refractivity contribution in [3.63, 3.8) is 0 Å². The zero-order chi connectivity index (χ0) is 9.97. The molecule has 1 fully saturated rings. The molecule has 0 saturated heterocycles. The van der Waals surface area contributed by atoms with Gasteiger partial charge >= 0.3 is 0 Å². The van der Waals surface area contributed by atoms with Gasteiger partial charge in [0.15, 0.2) is 0 Å². The van der Waals surface area contributed by atoms with Crippen molar-refractivity contribution < 1.29 is 5.11 Å². The van der Waals surface area contributed by atoms with E-state index in [2.05, 4.69) is 12.3 Å². The Labute approximate surface area is 89.8 Å². The predicted molar refractivity (Wildman–Crippen MR) is 60.4 cm³/mol. The Hall–Kier alpha value is -0.340. The molecule has 0 aromatic carbocycles. The van der Waals surface area contributed by atoms with Crippen LogP contribution in [0, 0.1) is 11.8 Å². The summed E-state index contributed by atoms with van der Waals surface area (Å²) in [7, 11) is 0. The maximum atomic E-state index is 10.1. The third kappa shape index (κ3) is 2.18. The van der Waals surface area contributed by atoms with Crippen molar-refractivity contribution in [3.05, 3.63) is 22.4 Å². The average molecular weight is 210 g/mol. The molecule has 1 aromatic rings. The zero-order valence-electron chi connectivity index (χ0n) is 8.65. The van der Waals surface area contributed by atoms with Gasteiger partial charge in [-0.15, -0.1) is 0 Å². The van der Waals surface area contributed by atoms with Crippen LogP contribution in [0.25, 0.3) is 0 Å². The molecule has 0 amide bonds. The van der Waals surface area contributed by atoms with Crippen molar-refractivity contribution >= 4 is 11.3 Å². The van der Waals surface area contributed by atoms with Crippen LogP contribution >= 0.6 is 11.3 Å². The molecule has 78 valence electrons. The number of rotatable bonds is 2. The topological polar surface area (TPSA) is 20.2 Å². The van der Waals surface area contributed by atoms with E-state index in [9.17, 15) is 5.11 Å². The highest BCUT2D eigenvalue weighted by molar-refractivity contribution is 7.07. The average Bonchev–Trinajstić information content (AvgIpc) is 2.71. The molecule has 1 heterocycles. The third-order valence-electron chi connectivity index (χ3n) is 3.39. The highest BCUT2D eigenvalue weighted by Crippen LogP contribution is 2.36. The van der Waals surface area contributed by atoms with Crippen LogP contribution in [0.5, 0.6) is 0 Å². The van der Waals surface area contributed by atoms with Gasteiger partial charge in [-0.3, -0.25) is 0 Å². The minimum Gasteiger partial charge on any atom is -0.388 e. The molecule has 0 aliphatic heterocycles. The Morgan fingerprint density at radius 1 is 1.36 bits per heavy atom. The Morgan fingerprint density at radius 2 is 2.07 bits per heavy atom. The first-order valence-electron chi connectivity index (χ1n) is 5.47. The molecule has 2 rings (SSSR count). The van der Waals surface area contributed by atoms with E-state index in [1.165, 1.54) is 25.7 Å². The van der Waals surface area contributed by atoms with Crippen LogP contribution in [0.2, 0.25) is 0 Å². The van der Waals surface area contributed by atoms with E-state index in [-0.39, 0.29) is 6.10 Å². The maximum absolute atomic E-state index is 10.1. The summed E-state index contributed by atoms with van der Waals surface area (Å²) in [4.78, 5) is 0. The maximum Gasteiger partial charge on any atom is 0.0826 e. The van der Waals surface area contributed by atoms with Crippen LogP contribution in [0.1, 0.15) is 44.3 Å². The fourth-order valence-corrected chi connectivity index (χ4v) is 3.01. The molecule has 1 aliphatic rings. The molecule has 2 heteroatoms. The Kier molecular flexibility index (Phi) is 3.24. The van der Waals surface area contributed by atoms with Crippen molar-refractivity contribution in [1.29, 1.82) is 0 Å². The number of hydrogen-bond acceptors (Lipinski definition) is 2. The lowest BCUT2D eigenvalue weighted by molar-refractivity contribution is 0.0759. The SMILES string of the molecule is CC1CCC(C(O)c2ccsc2)CC1. The van der Waals surface area contributed by atoms with Gasteiger partial charge in [-0.05, 0) is 47.1 Å². The molecule has 1 N–H and O–H groups in total. The number of thiophene rings is 1. The van der Waals surface area contributed by atoms with Gasteiger partial charge in [0.2, 0.25) is 0 Å².